The Morgan fingerprint density at radius 3 is 2.32 bits per heavy atom. The topological polar surface area (TPSA) is 66.4 Å². The highest BCUT2D eigenvalue weighted by atomic mass is 19.4. The van der Waals surface area contributed by atoms with Gasteiger partial charge in [-0.2, -0.15) is 13.2 Å². The van der Waals surface area contributed by atoms with Gasteiger partial charge < -0.3 is 10.4 Å². The molecule has 1 aromatic carbocycles. The average Bonchev–Trinajstić information content (AvgIpc) is 3.02. The van der Waals surface area contributed by atoms with E-state index in [1.165, 1.54) is 6.07 Å². The molecule has 1 aromatic rings. The van der Waals surface area contributed by atoms with E-state index < -0.39 is 29.0 Å². The molecule has 7 heteroatoms. The number of carboxylic acids is 1. The van der Waals surface area contributed by atoms with Crippen LogP contribution in [0.5, 0.6) is 0 Å². The van der Waals surface area contributed by atoms with Crippen LogP contribution in [-0.2, 0) is 21.2 Å². The highest BCUT2D eigenvalue weighted by Crippen LogP contribution is 2.33. The number of carboxylic acid groups (broad SMARTS) is 1. The highest BCUT2D eigenvalue weighted by Gasteiger charge is 2.35. The molecule has 4 nitrogen and oxygen atoms in total. The molecule has 2 atom stereocenters. The third-order valence-electron chi connectivity index (χ3n) is 4.83. The molecule has 0 unspecified atom stereocenters. The lowest BCUT2D eigenvalue weighted by molar-refractivity contribution is -0.141. The second-order valence-electron chi connectivity index (χ2n) is 7.23. The summed E-state index contributed by atoms with van der Waals surface area (Å²) in [6, 6.07) is 5.08. The molecule has 0 heterocycles. The maximum atomic E-state index is 12.9. The summed E-state index contributed by atoms with van der Waals surface area (Å²) < 4.78 is 38.6. The molecule has 0 bridgehead atoms. The Bertz CT molecular complexity index is 655. The minimum Gasteiger partial charge on any atom is -0.481 e. The van der Waals surface area contributed by atoms with Crippen LogP contribution in [0.2, 0.25) is 0 Å². The van der Waals surface area contributed by atoms with Crippen LogP contribution in [0.15, 0.2) is 24.3 Å². The van der Waals surface area contributed by atoms with Crippen LogP contribution in [-0.4, -0.2) is 23.5 Å². The molecular weight excluding hydrogens is 335 g/mol. The quantitative estimate of drug-likeness (QED) is 0.846. The van der Waals surface area contributed by atoms with E-state index in [9.17, 15) is 22.8 Å². The third kappa shape index (κ3) is 4.74. The molecule has 0 radical (unpaired) electrons. The predicted octanol–water partition coefficient (Wildman–Crippen LogP) is 3.60. The van der Waals surface area contributed by atoms with Crippen molar-refractivity contribution in [2.75, 3.05) is 6.54 Å². The summed E-state index contributed by atoms with van der Waals surface area (Å²) in [6.45, 7) is 3.70. The SMILES string of the molecule is CC(C)(CNC(=O)[C@@H]1CC[C@H](C(=O)O)C1)c1cccc(C(F)(F)F)c1. The average molecular weight is 357 g/mol. The van der Waals surface area contributed by atoms with Crippen molar-refractivity contribution in [1.29, 1.82) is 0 Å². The van der Waals surface area contributed by atoms with Crippen molar-refractivity contribution in [2.45, 2.75) is 44.7 Å². The number of halogens is 3. The number of rotatable bonds is 5. The van der Waals surface area contributed by atoms with Crippen molar-refractivity contribution in [1.82, 2.24) is 5.32 Å². The standard InChI is InChI=1S/C18H22F3NO3/c1-17(2,13-4-3-5-14(9-13)18(19,20)21)10-22-15(23)11-6-7-12(8-11)16(24)25/h3-5,9,11-12H,6-8,10H2,1-2H3,(H,22,23)(H,24,25)/t11-,12+/m1/s1. The molecule has 1 amide bonds. The van der Waals surface area contributed by atoms with Crippen molar-refractivity contribution in [3.8, 4) is 0 Å². The summed E-state index contributed by atoms with van der Waals surface area (Å²) in [5.41, 5.74) is -0.913. The van der Waals surface area contributed by atoms with Crippen LogP contribution >= 0.6 is 0 Å². The van der Waals surface area contributed by atoms with Gasteiger partial charge >= 0.3 is 12.1 Å². The monoisotopic (exact) mass is 357 g/mol. The Balaban J connectivity index is 2.00. The summed E-state index contributed by atoms with van der Waals surface area (Å²) in [4.78, 5) is 23.2. The van der Waals surface area contributed by atoms with E-state index in [0.717, 1.165) is 12.1 Å². The fourth-order valence-corrected chi connectivity index (χ4v) is 3.11. The zero-order chi connectivity index (χ0) is 18.8. The highest BCUT2D eigenvalue weighted by molar-refractivity contribution is 5.80. The molecular formula is C18H22F3NO3. The third-order valence-corrected chi connectivity index (χ3v) is 4.83. The second-order valence-corrected chi connectivity index (χ2v) is 7.23. The molecule has 2 rings (SSSR count). The number of hydrogen-bond acceptors (Lipinski definition) is 2. The van der Waals surface area contributed by atoms with E-state index >= 15 is 0 Å². The van der Waals surface area contributed by atoms with Crippen molar-refractivity contribution >= 4 is 11.9 Å². The number of nitrogens with one attached hydrogen (secondary N) is 1. The molecule has 0 aliphatic heterocycles. The Hall–Kier alpha value is -2.05. The van der Waals surface area contributed by atoms with E-state index in [2.05, 4.69) is 5.32 Å². The number of aliphatic carboxylic acids is 1. The molecule has 0 saturated heterocycles. The van der Waals surface area contributed by atoms with Crippen molar-refractivity contribution in [2.24, 2.45) is 11.8 Å². The maximum Gasteiger partial charge on any atom is 0.416 e. The molecule has 1 aliphatic carbocycles. The van der Waals surface area contributed by atoms with Gasteiger partial charge in [-0.15, -0.1) is 0 Å². The van der Waals surface area contributed by atoms with Gasteiger partial charge in [0.1, 0.15) is 0 Å². The fourth-order valence-electron chi connectivity index (χ4n) is 3.11. The van der Waals surface area contributed by atoms with Gasteiger partial charge in [-0.1, -0.05) is 32.0 Å². The number of amides is 1. The zero-order valence-corrected chi connectivity index (χ0v) is 14.2. The van der Waals surface area contributed by atoms with Crippen LogP contribution in [0.4, 0.5) is 13.2 Å². The smallest absolute Gasteiger partial charge is 0.416 e. The number of benzene rings is 1. The van der Waals surface area contributed by atoms with Crippen LogP contribution < -0.4 is 5.32 Å². The zero-order valence-electron chi connectivity index (χ0n) is 14.2. The number of hydrogen-bond donors (Lipinski definition) is 2. The summed E-state index contributed by atoms with van der Waals surface area (Å²) in [6.07, 6.45) is -3.10. The Labute approximate surface area is 144 Å². The van der Waals surface area contributed by atoms with Gasteiger partial charge in [0.05, 0.1) is 11.5 Å². The minimum absolute atomic E-state index is 0.182. The lowest BCUT2D eigenvalue weighted by Gasteiger charge is -2.27. The summed E-state index contributed by atoms with van der Waals surface area (Å²) in [7, 11) is 0. The van der Waals surface area contributed by atoms with Crippen LogP contribution in [0.25, 0.3) is 0 Å². The van der Waals surface area contributed by atoms with E-state index in [0.29, 0.717) is 24.8 Å². The number of alkyl halides is 3. The van der Waals surface area contributed by atoms with Gasteiger partial charge in [-0.25, -0.2) is 0 Å². The van der Waals surface area contributed by atoms with Gasteiger partial charge in [0.2, 0.25) is 5.91 Å². The molecule has 1 fully saturated rings. The lowest BCUT2D eigenvalue weighted by Crippen LogP contribution is -2.39. The molecule has 0 aromatic heterocycles. The van der Waals surface area contributed by atoms with Crippen LogP contribution in [0.1, 0.15) is 44.2 Å². The van der Waals surface area contributed by atoms with Crippen molar-refractivity contribution < 1.29 is 27.9 Å². The Morgan fingerprint density at radius 2 is 1.76 bits per heavy atom. The van der Waals surface area contributed by atoms with Crippen molar-refractivity contribution in [3.63, 3.8) is 0 Å². The first-order valence-corrected chi connectivity index (χ1v) is 8.19. The summed E-state index contributed by atoms with van der Waals surface area (Å²) >= 11 is 0. The molecule has 2 N–H and O–H groups in total. The largest absolute Gasteiger partial charge is 0.481 e. The second kappa shape index (κ2) is 7.06. The first-order valence-electron chi connectivity index (χ1n) is 8.19. The molecule has 1 saturated carbocycles. The Kier molecular flexibility index (Phi) is 5.44. The molecule has 25 heavy (non-hydrogen) atoms. The first kappa shape index (κ1) is 19.3. The molecule has 1 aliphatic rings. The summed E-state index contributed by atoms with van der Waals surface area (Å²) in [5.74, 6) is -1.96. The van der Waals surface area contributed by atoms with Crippen LogP contribution in [0.3, 0.4) is 0 Å². The van der Waals surface area contributed by atoms with Gasteiger partial charge in [0.15, 0.2) is 0 Å². The van der Waals surface area contributed by atoms with Gasteiger partial charge in [0, 0.05) is 17.9 Å². The number of carbonyl (C=O) groups is 2. The molecule has 0 spiro atoms. The summed E-state index contributed by atoms with van der Waals surface area (Å²) in [5, 5.41) is 11.8. The van der Waals surface area contributed by atoms with E-state index in [1.807, 2.05) is 0 Å². The first-order chi connectivity index (χ1) is 11.5. The number of carbonyl (C=O) groups excluding carboxylic acids is 1. The minimum atomic E-state index is -4.41. The van der Waals surface area contributed by atoms with Gasteiger partial charge in [-0.05, 0) is 30.9 Å². The van der Waals surface area contributed by atoms with Crippen molar-refractivity contribution in [3.05, 3.63) is 35.4 Å². The van der Waals surface area contributed by atoms with E-state index in [4.69, 9.17) is 5.11 Å². The van der Waals surface area contributed by atoms with Gasteiger partial charge in [-0.3, -0.25) is 9.59 Å². The maximum absolute atomic E-state index is 12.9. The van der Waals surface area contributed by atoms with Crippen LogP contribution in [0, 0.1) is 11.8 Å². The fraction of sp³-hybridized carbons (Fsp3) is 0.556. The van der Waals surface area contributed by atoms with E-state index in [1.54, 1.807) is 19.9 Å². The predicted molar refractivity (Wildman–Crippen MR) is 85.9 cm³/mol. The Morgan fingerprint density at radius 1 is 1.16 bits per heavy atom. The van der Waals surface area contributed by atoms with E-state index in [-0.39, 0.29) is 18.4 Å². The lowest BCUT2D eigenvalue weighted by atomic mass is 9.83. The van der Waals surface area contributed by atoms with Gasteiger partial charge in [0.25, 0.3) is 0 Å². The molecule has 138 valence electrons. The normalized spacial score (nSPS) is 21.2.